The first-order valence-corrected chi connectivity index (χ1v) is 14.0. The standard InChI is InChI=1S/2C7H13NO4S3.Cu/c2*9-2-1-8(7(13)14)5-3-15(11,12)4-6(5)10;/h2*5-6,9-10H,1-4H2,(H,13,14);/q;;+2/p-2. The van der Waals surface area contributed by atoms with Crippen molar-refractivity contribution in [1.82, 2.24) is 9.80 Å². The maximum Gasteiger partial charge on any atom is 2.00 e. The molecule has 4 unspecified atom stereocenters. The summed E-state index contributed by atoms with van der Waals surface area (Å²) in [5.74, 6) is -0.856. The van der Waals surface area contributed by atoms with Crippen molar-refractivity contribution >= 4 is 78.0 Å². The molecule has 185 valence electrons. The van der Waals surface area contributed by atoms with E-state index in [1.165, 1.54) is 9.80 Å². The second-order valence-electron chi connectivity index (χ2n) is 6.79. The van der Waals surface area contributed by atoms with Crippen LogP contribution in [-0.2, 0) is 62.0 Å². The Balaban J connectivity index is 0.000000562. The van der Waals surface area contributed by atoms with Crippen molar-refractivity contribution in [2.75, 3.05) is 49.3 Å². The SMILES string of the molecule is O=S1(=O)CC(O)C(N(CCO)C(=S)[S-])C1.O=S1(=O)CC(O)C(N(CCO)C(=S)[S-])C1.[Cu+2]. The molecule has 2 heterocycles. The quantitative estimate of drug-likeness (QED) is 0.135. The van der Waals surface area contributed by atoms with E-state index in [0.29, 0.717) is 0 Å². The summed E-state index contributed by atoms with van der Waals surface area (Å²) in [6.07, 6.45) is -1.97. The van der Waals surface area contributed by atoms with E-state index in [0.717, 1.165) is 0 Å². The van der Waals surface area contributed by atoms with E-state index in [4.69, 9.17) is 59.9 Å². The summed E-state index contributed by atoms with van der Waals surface area (Å²) in [5, 5.41) is 36.7. The first kappa shape index (κ1) is 31.5. The van der Waals surface area contributed by atoms with Crippen LogP contribution in [-0.4, -0.2) is 129 Å². The zero-order valence-corrected chi connectivity index (χ0v) is 21.9. The van der Waals surface area contributed by atoms with Crippen LogP contribution in [0, 0.1) is 0 Å². The molecule has 1 radical (unpaired) electrons. The minimum atomic E-state index is -3.22. The molecule has 2 saturated heterocycles. The molecule has 2 aliphatic heterocycles. The number of hydrogen-bond donors (Lipinski definition) is 4. The van der Waals surface area contributed by atoms with Crippen molar-refractivity contribution in [2.24, 2.45) is 0 Å². The van der Waals surface area contributed by atoms with Crippen molar-refractivity contribution in [2.45, 2.75) is 24.3 Å². The normalized spacial score (nSPS) is 28.0. The second kappa shape index (κ2) is 13.4. The minimum absolute atomic E-state index is 0. The Kier molecular flexibility index (Phi) is 13.6. The Morgan fingerprint density at radius 1 is 0.774 bits per heavy atom. The summed E-state index contributed by atoms with van der Waals surface area (Å²) in [6, 6.07) is -1.24. The van der Waals surface area contributed by atoms with Crippen molar-refractivity contribution in [3.63, 3.8) is 0 Å². The van der Waals surface area contributed by atoms with E-state index in [9.17, 15) is 27.0 Å². The smallest absolute Gasteiger partial charge is 0.411 e. The molecule has 0 aliphatic carbocycles. The van der Waals surface area contributed by atoms with Gasteiger partial charge < -0.3 is 79.9 Å². The molecule has 4 atom stereocenters. The van der Waals surface area contributed by atoms with E-state index in [-0.39, 0.29) is 75.0 Å². The van der Waals surface area contributed by atoms with Crippen LogP contribution in [0.4, 0.5) is 0 Å². The van der Waals surface area contributed by atoms with Gasteiger partial charge in [0.05, 0.1) is 60.5 Å². The van der Waals surface area contributed by atoms with Gasteiger partial charge in [-0.25, -0.2) is 16.8 Å². The zero-order valence-electron chi connectivity index (χ0n) is 16.0. The van der Waals surface area contributed by atoms with Crippen LogP contribution in [0.2, 0.25) is 0 Å². The number of hydrogen-bond acceptors (Lipinski definition) is 12. The first-order valence-electron chi connectivity index (χ1n) is 8.68. The number of sulfone groups is 2. The van der Waals surface area contributed by atoms with Crippen LogP contribution in [0.1, 0.15) is 0 Å². The Morgan fingerprint density at radius 3 is 1.23 bits per heavy atom. The largest absolute Gasteiger partial charge is 2.00 e. The van der Waals surface area contributed by atoms with Gasteiger partial charge in [0, 0.05) is 13.1 Å². The number of aliphatic hydroxyl groups excluding tert-OH is 4. The van der Waals surface area contributed by atoms with Gasteiger partial charge in [0.2, 0.25) is 0 Å². The fraction of sp³-hybridized carbons (Fsp3) is 0.857. The fourth-order valence-corrected chi connectivity index (χ4v) is 7.73. The van der Waals surface area contributed by atoms with E-state index in [1.807, 2.05) is 0 Å². The average Bonchev–Trinajstić information content (AvgIpc) is 3.03. The van der Waals surface area contributed by atoms with Gasteiger partial charge in [-0.1, -0.05) is 8.64 Å². The van der Waals surface area contributed by atoms with Gasteiger partial charge >= 0.3 is 17.1 Å². The van der Waals surface area contributed by atoms with E-state index >= 15 is 0 Å². The molecule has 0 aromatic heterocycles. The monoisotopic (exact) mass is 603 g/mol. The molecule has 0 aromatic rings. The van der Waals surface area contributed by atoms with Crippen LogP contribution in [0.25, 0.3) is 0 Å². The number of aliphatic hydroxyl groups is 4. The third-order valence-corrected chi connectivity index (χ3v) is 8.87. The molecule has 0 aromatic carbocycles. The van der Waals surface area contributed by atoms with Crippen LogP contribution < -0.4 is 0 Å². The summed E-state index contributed by atoms with van der Waals surface area (Å²) in [5.41, 5.74) is 0. The second-order valence-corrected chi connectivity index (χ2v) is 13.2. The molecule has 4 N–H and O–H groups in total. The first-order chi connectivity index (χ1) is 13.7. The predicted molar refractivity (Wildman–Crippen MR) is 124 cm³/mol. The Morgan fingerprint density at radius 2 is 1.06 bits per heavy atom. The summed E-state index contributed by atoms with van der Waals surface area (Å²) in [4.78, 5) is 2.78. The van der Waals surface area contributed by atoms with Gasteiger partial charge in [-0.15, -0.1) is 0 Å². The maximum absolute atomic E-state index is 11.3. The number of thiocarbonyl (C=S) groups is 2. The third-order valence-electron chi connectivity index (χ3n) is 4.54. The molecular formula is C14H24CuN2O8S6. The molecule has 0 bridgehead atoms. The van der Waals surface area contributed by atoms with Crippen LogP contribution in [0.5, 0.6) is 0 Å². The molecule has 17 heteroatoms. The van der Waals surface area contributed by atoms with Crippen molar-refractivity contribution in [1.29, 1.82) is 0 Å². The Hall–Kier alpha value is 0.479. The molecule has 2 aliphatic rings. The summed E-state index contributed by atoms with van der Waals surface area (Å²) < 4.78 is 45.2. The molecular weight excluding hydrogens is 580 g/mol. The van der Waals surface area contributed by atoms with Crippen LogP contribution >= 0.6 is 24.4 Å². The zero-order chi connectivity index (χ0) is 23.3. The van der Waals surface area contributed by atoms with E-state index < -0.39 is 44.0 Å². The molecule has 2 rings (SSSR count). The Bertz CT molecular complexity index is 759. The molecule has 0 amide bonds. The van der Waals surface area contributed by atoms with Crippen LogP contribution in [0.3, 0.4) is 0 Å². The van der Waals surface area contributed by atoms with Gasteiger partial charge in [0.1, 0.15) is 0 Å². The van der Waals surface area contributed by atoms with Crippen molar-refractivity contribution < 1.29 is 54.3 Å². The summed E-state index contributed by atoms with van der Waals surface area (Å²) in [6.45, 7) is -0.0563. The van der Waals surface area contributed by atoms with Crippen molar-refractivity contribution in [3.8, 4) is 0 Å². The van der Waals surface area contributed by atoms with E-state index in [2.05, 4.69) is 0 Å². The van der Waals surface area contributed by atoms with Gasteiger partial charge in [-0.05, 0) is 0 Å². The molecule has 10 nitrogen and oxygen atoms in total. The van der Waals surface area contributed by atoms with Gasteiger partial charge in [0.25, 0.3) is 0 Å². The van der Waals surface area contributed by atoms with Crippen LogP contribution in [0.15, 0.2) is 0 Å². The molecule has 0 saturated carbocycles. The molecule has 2 fully saturated rings. The van der Waals surface area contributed by atoms with E-state index in [1.54, 1.807) is 0 Å². The summed E-state index contributed by atoms with van der Waals surface area (Å²) >= 11 is 19.1. The number of nitrogens with zero attached hydrogens (tertiary/aromatic N) is 2. The maximum atomic E-state index is 11.3. The topological polar surface area (TPSA) is 156 Å². The predicted octanol–water partition coefficient (Wildman–Crippen LogP) is -3.46. The van der Waals surface area contributed by atoms with Gasteiger partial charge in [0.15, 0.2) is 19.7 Å². The van der Waals surface area contributed by atoms with Gasteiger partial charge in [-0.3, -0.25) is 0 Å². The fourth-order valence-electron chi connectivity index (χ4n) is 3.22. The number of rotatable bonds is 6. The molecule has 0 spiro atoms. The minimum Gasteiger partial charge on any atom is -0.411 e. The Labute approximate surface area is 214 Å². The van der Waals surface area contributed by atoms with Crippen molar-refractivity contribution in [3.05, 3.63) is 0 Å². The molecule has 31 heavy (non-hydrogen) atoms. The third kappa shape index (κ3) is 9.70. The average molecular weight is 604 g/mol. The summed E-state index contributed by atoms with van der Waals surface area (Å²) in [7, 11) is -6.44. The van der Waals surface area contributed by atoms with Gasteiger partial charge in [-0.2, -0.15) is 0 Å².